The van der Waals surface area contributed by atoms with E-state index < -0.39 is 35.8 Å². The fourth-order valence-electron chi connectivity index (χ4n) is 8.63. The molecule has 2 atom stereocenters. The predicted octanol–water partition coefficient (Wildman–Crippen LogP) is 2.00. The van der Waals surface area contributed by atoms with Gasteiger partial charge in [0.1, 0.15) is 23.9 Å². The first-order valence-electron chi connectivity index (χ1n) is 22.0. The minimum absolute atomic E-state index is 0.0273. The Morgan fingerprint density at radius 2 is 1.62 bits per heavy atom. The third-order valence-electron chi connectivity index (χ3n) is 12.1. The van der Waals surface area contributed by atoms with Crippen LogP contribution in [0.1, 0.15) is 107 Å². The third kappa shape index (κ3) is 11.6. The predicted molar refractivity (Wildman–Crippen MR) is 231 cm³/mol. The van der Waals surface area contributed by atoms with Gasteiger partial charge in [-0.15, -0.1) is 0 Å². The molecule has 1 unspecified atom stereocenters. The summed E-state index contributed by atoms with van der Waals surface area (Å²) in [5.74, 6) is -2.36. The van der Waals surface area contributed by atoms with Crippen LogP contribution >= 0.6 is 0 Å². The number of unbranched alkanes of at least 4 members (excludes halogenated alkanes) is 4. The Morgan fingerprint density at radius 3 is 2.43 bits per heavy atom. The van der Waals surface area contributed by atoms with Crippen molar-refractivity contribution in [3.63, 3.8) is 0 Å². The van der Waals surface area contributed by atoms with Crippen LogP contribution in [0.5, 0.6) is 0 Å². The molecule has 18 nitrogen and oxygen atoms in total. The number of carbonyl (C=O) groups excluding carboxylic acids is 7. The summed E-state index contributed by atoms with van der Waals surface area (Å²) in [6.45, 7) is 3.84. The number of piperidine rings is 2. The quantitative estimate of drug-likeness (QED) is 0.0749. The maximum absolute atomic E-state index is 13.3. The van der Waals surface area contributed by atoms with Crippen LogP contribution in [-0.4, -0.2) is 135 Å². The van der Waals surface area contributed by atoms with Gasteiger partial charge in [0.2, 0.25) is 23.6 Å². The summed E-state index contributed by atoms with van der Waals surface area (Å²) in [7, 11) is 0. The summed E-state index contributed by atoms with van der Waals surface area (Å²) in [5.41, 5.74) is 3.38. The number of carbonyl (C=O) groups is 7. The van der Waals surface area contributed by atoms with Crippen LogP contribution in [0.4, 0.5) is 11.5 Å². The fraction of sp³-hybridized carbons (Fsp3) is 0.489. The second-order valence-electron chi connectivity index (χ2n) is 16.6. The van der Waals surface area contributed by atoms with Crippen molar-refractivity contribution in [2.45, 2.75) is 95.4 Å². The number of hydrogen-bond acceptors (Lipinski definition) is 13. The Kier molecular flexibility index (Phi) is 15.1. The number of amides is 7. The lowest BCUT2D eigenvalue weighted by atomic mass is 10.00. The molecule has 2 aromatic carbocycles. The summed E-state index contributed by atoms with van der Waals surface area (Å²) < 4.78 is 0. The lowest BCUT2D eigenvalue weighted by Crippen LogP contribution is -2.54. The van der Waals surface area contributed by atoms with Crippen LogP contribution in [0.3, 0.4) is 0 Å². The Balaban J connectivity index is 0.721. The van der Waals surface area contributed by atoms with Crippen LogP contribution in [0.2, 0.25) is 0 Å². The van der Waals surface area contributed by atoms with E-state index in [9.17, 15) is 38.7 Å². The van der Waals surface area contributed by atoms with Crippen molar-refractivity contribution in [3.8, 4) is 0 Å². The van der Waals surface area contributed by atoms with Crippen molar-refractivity contribution in [3.05, 3.63) is 82.8 Å². The summed E-state index contributed by atoms with van der Waals surface area (Å²) in [6, 6.07) is 13.7. The topological polar surface area (TPSA) is 235 Å². The van der Waals surface area contributed by atoms with Gasteiger partial charge < -0.3 is 31.3 Å². The molecule has 7 amide bonds. The average Bonchev–Trinajstić information content (AvgIpc) is 3.54. The molecule has 0 spiro atoms. The molecule has 1 aromatic heterocycles. The molecule has 0 aliphatic carbocycles. The molecule has 4 aliphatic heterocycles. The maximum atomic E-state index is 13.3. The van der Waals surface area contributed by atoms with E-state index in [2.05, 4.69) is 53.6 Å². The highest BCUT2D eigenvalue weighted by atomic mass is 16.3. The number of hydrogen-bond donors (Lipinski definition) is 6. The maximum Gasteiger partial charge on any atom is 0.270 e. The van der Waals surface area contributed by atoms with E-state index in [1.54, 1.807) is 18.2 Å². The number of rotatable bonds is 19. The van der Waals surface area contributed by atoms with Crippen LogP contribution in [0.25, 0.3) is 0 Å². The Bertz CT molecular complexity index is 2190. The van der Waals surface area contributed by atoms with Crippen LogP contribution in [0, 0.1) is 0 Å². The molecule has 5 heterocycles. The molecule has 2 fully saturated rings. The zero-order chi connectivity index (χ0) is 44.3. The van der Waals surface area contributed by atoms with Crippen molar-refractivity contribution < 1.29 is 38.7 Å². The third-order valence-corrected chi connectivity index (χ3v) is 12.1. The average molecular weight is 865 g/mol. The van der Waals surface area contributed by atoms with E-state index in [-0.39, 0.29) is 66.5 Å². The zero-order valence-electron chi connectivity index (χ0n) is 35.4. The number of fused-ring (bicyclic) bond motifs is 2. The molecule has 18 heteroatoms. The minimum atomic E-state index is -1.07. The smallest absolute Gasteiger partial charge is 0.270 e. The van der Waals surface area contributed by atoms with Gasteiger partial charge in [0.25, 0.3) is 17.7 Å². The normalized spacial score (nSPS) is 18.3. The van der Waals surface area contributed by atoms with Gasteiger partial charge in [-0.3, -0.25) is 48.7 Å². The van der Waals surface area contributed by atoms with Crippen molar-refractivity contribution in [1.82, 2.24) is 40.6 Å². The molecular formula is C45H56N10O8. The van der Waals surface area contributed by atoms with E-state index in [1.807, 2.05) is 17.0 Å². The van der Waals surface area contributed by atoms with Gasteiger partial charge in [-0.2, -0.15) is 0 Å². The van der Waals surface area contributed by atoms with Crippen LogP contribution in [0.15, 0.2) is 54.9 Å². The molecule has 0 saturated carbocycles. The van der Waals surface area contributed by atoms with Gasteiger partial charge in [0.05, 0.1) is 23.8 Å². The number of β-amino-alcohol motifs (C(OH)–C–C–N with tert-alkyl or cyclic N) is 1. The molecule has 6 N–H and O–H groups in total. The van der Waals surface area contributed by atoms with Gasteiger partial charge in [-0.25, -0.2) is 9.97 Å². The minimum Gasteiger partial charge on any atom is -0.390 e. The van der Waals surface area contributed by atoms with Crippen molar-refractivity contribution >= 4 is 52.9 Å². The number of likely N-dealkylation sites (tertiary alicyclic amines) is 1. The van der Waals surface area contributed by atoms with Crippen molar-refractivity contribution in [1.29, 1.82) is 0 Å². The summed E-state index contributed by atoms with van der Waals surface area (Å²) in [4.78, 5) is 102. The summed E-state index contributed by atoms with van der Waals surface area (Å²) in [6.07, 6.45) is 7.91. The van der Waals surface area contributed by atoms with Gasteiger partial charge >= 0.3 is 0 Å². The van der Waals surface area contributed by atoms with Crippen LogP contribution in [-0.2, 0) is 32.1 Å². The highest BCUT2D eigenvalue weighted by Gasteiger charge is 2.45. The van der Waals surface area contributed by atoms with Gasteiger partial charge in [-0.05, 0) is 61.8 Å². The van der Waals surface area contributed by atoms with Gasteiger partial charge in [0, 0.05) is 76.5 Å². The van der Waals surface area contributed by atoms with E-state index in [1.165, 1.54) is 23.5 Å². The Hall–Kier alpha value is -6.27. The molecular weight excluding hydrogens is 809 g/mol. The number of aromatic nitrogens is 2. The number of anilines is 2. The monoisotopic (exact) mass is 864 g/mol. The van der Waals surface area contributed by atoms with Crippen molar-refractivity contribution in [2.24, 2.45) is 0 Å². The number of nitrogens with zero attached hydrogens (tertiary/aromatic N) is 5. The number of nitrogens with one attached hydrogen (secondary N) is 5. The van der Waals surface area contributed by atoms with Crippen molar-refractivity contribution in [2.75, 3.05) is 56.4 Å². The highest BCUT2D eigenvalue weighted by molar-refractivity contribution is 6.25. The Labute approximate surface area is 365 Å². The lowest BCUT2D eigenvalue weighted by molar-refractivity contribution is -0.136. The molecule has 7 rings (SSSR count). The van der Waals surface area contributed by atoms with Gasteiger partial charge in [0.15, 0.2) is 0 Å². The van der Waals surface area contributed by atoms with Gasteiger partial charge in [-0.1, -0.05) is 49.6 Å². The first-order chi connectivity index (χ1) is 30.5. The number of benzene rings is 2. The second kappa shape index (κ2) is 21.2. The first-order valence-corrected chi connectivity index (χ1v) is 22.0. The number of aliphatic hydroxyl groups excluding tert-OH is 1. The van der Waals surface area contributed by atoms with E-state index in [0.29, 0.717) is 44.1 Å². The van der Waals surface area contributed by atoms with E-state index in [4.69, 9.17) is 0 Å². The number of imide groups is 2. The molecule has 3 aromatic rings. The van der Waals surface area contributed by atoms with Crippen LogP contribution < -0.4 is 26.6 Å². The molecule has 2 saturated heterocycles. The Morgan fingerprint density at radius 1 is 0.841 bits per heavy atom. The molecule has 0 radical (unpaired) electrons. The fourth-order valence-corrected chi connectivity index (χ4v) is 8.63. The largest absolute Gasteiger partial charge is 0.390 e. The molecule has 4 aliphatic rings. The summed E-state index contributed by atoms with van der Waals surface area (Å²) in [5, 5.41) is 24.8. The second-order valence-corrected chi connectivity index (χ2v) is 16.6. The standard InChI is InChI=1S/C45H56N10O8/c56-32(27-53-20-16-29-9-5-6-10-30(29)26-53)24-48-42(60)35-23-37(50-28-49-35)51-31-17-21-54(22-18-31)40(59)13-4-2-1-3-7-19-46-39(58)25-47-34-12-8-11-33-41(34)45(63)55(44(33)62)36-14-15-38(57)52-43(36)61/h5-6,8-12,23,28,31-32,36,47,56H,1-4,7,13-22,24-27H2,(H,46,58)(H,48,60)(H,49,50,51)(H,52,57,61)/t32-,36?/m0/s1. The zero-order valence-corrected chi connectivity index (χ0v) is 35.4. The summed E-state index contributed by atoms with van der Waals surface area (Å²) >= 11 is 0. The first kappa shape index (κ1) is 44.8. The van der Waals surface area contributed by atoms with E-state index >= 15 is 0 Å². The highest BCUT2D eigenvalue weighted by Crippen LogP contribution is 2.32. The molecule has 334 valence electrons. The SMILES string of the molecule is O=C(CNc1cccc2c1C(=O)N(C1CCC(=O)NC1=O)C2=O)NCCCCCCCC(=O)N1CCC(Nc2cc(C(=O)NC[C@H](O)CN3CCc4ccccc4C3)ncn2)CC1. The number of aliphatic hydroxyl groups is 1. The van der Waals surface area contributed by atoms with E-state index in [0.717, 1.165) is 69.4 Å². The lowest BCUT2D eigenvalue weighted by Gasteiger charge is -2.32. The molecule has 0 bridgehead atoms. The molecule has 63 heavy (non-hydrogen) atoms.